The average molecular weight is 801 g/mol. The van der Waals surface area contributed by atoms with Crippen molar-refractivity contribution in [3.05, 3.63) is 11.6 Å². The van der Waals surface area contributed by atoms with Gasteiger partial charge in [-0.15, -0.1) is 0 Å². The molecule has 0 radical (unpaired) electrons. The molecule has 56 heavy (non-hydrogen) atoms. The molecule has 0 aromatic rings. The number of rotatable bonds is 11. The van der Waals surface area contributed by atoms with Gasteiger partial charge in [-0.2, -0.15) is 0 Å². The second-order valence-electron chi connectivity index (χ2n) is 20.3. The number of aliphatic hydroxyl groups is 10. The number of allylic oxidation sites excluding steroid dienone is 1. The summed E-state index contributed by atoms with van der Waals surface area (Å²) in [5.41, 5.74) is -0.985. The second kappa shape index (κ2) is 15.9. The molecule has 10 N–H and O–H groups in total. The number of hydrogen-bond donors (Lipinski definition) is 10. The van der Waals surface area contributed by atoms with Crippen LogP contribution in [0.1, 0.15) is 107 Å². The van der Waals surface area contributed by atoms with E-state index >= 15 is 0 Å². The van der Waals surface area contributed by atoms with Gasteiger partial charge >= 0.3 is 0 Å². The Balaban J connectivity index is 1.16. The molecule has 324 valence electrons. The SMILES string of the molecule is C[C@H](CC[C@@H](O)C(C)(C)O)[C@@H]1CC[C@@]2(C)[C@@H]3CC=C4[C@@H](CC[C@H](O[C@@H]5O[C@H](CO[C@@H]6O[C@H](CO)[C@@H](O)[C@H](O)[C@H]6O)[C@@H](O)[C@H](O)[C@H]5O)C4(C)C)[C@]3(C)[C@H](O)C[C@]12C. The first-order valence-corrected chi connectivity index (χ1v) is 21.0. The minimum Gasteiger partial charge on any atom is -0.394 e. The Bertz CT molecular complexity index is 1400. The zero-order valence-electron chi connectivity index (χ0n) is 34.6. The highest BCUT2D eigenvalue weighted by atomic mass is 16.7. The van der Waals surface area contributed by atoms with Gasteiger partial charge in [-0.25, -0.2) is 0 Å². The molecule has 0 unspecified atom stereocenters. The lowest BCUT2D eigenvalue weighted by atomic mass is 9.38. The van der Waals surface area contributed by atoms with Crippen molar-refractivity contribution in [3.8, 4) is 0 Å². The van der Waals surface area contributed by atoms with Crippen molar-refractivity contribution >= 4 is 0 Å². The van der Waals surface area contributed by atoms with Crippen LogP contribution in [0.15, 0.2) is 11.6 Å². The highest BCUT2D eigenvalue weighted by Gasteiger charge is 2.70. The number of ether oxygens (including phenoxy) is 4. The predicted octanol–water partition coefficient (Wildman–Crippen LogP) is 1.12. The fraction of sp³-hybridized carbons (Fsp3) is 0.952. The summed E-state index contributed by atoms with van der Waals surface area (Å²) in [6, 6.07) is 0. The summed E-state index contributed by atoms with van der Waals surface area (Å²) in [5, 5.41) is 106. The molecule has 14 nitrogen and oxygen atoms in total. The lowest BCUT2D eigenvalue weighted by Crippen LogP contribution is -2.65. The molecule has 0 aromatic heterocycles. The minimum absolute atomic E-state index is 0.0159. The first-order valence-electron chi connectivity index (χ1n) is 21.0. The maximum atomic E-state index is 12.4. The zero-order chi connectivity index (χ0) is 41.5. The van der Waals surface area contributed by atoms with Crippen LogP contribution in [0.5, 0.6) is 0 Å². The quantitative estimate of drug-likeness (QED) is 0.132. The van der Waals surface area contributed by atoms with Crippen molar-refractivity contribution in [2.75, 3.05) is 13.2 Å². The topological polar surface area (TPSA) is 239 Å². The van der Waals surface area contributed by atoms with Gasteiger partial charge in [0.05, 0.1) is 37.1 Å². The summed E-state index contributed by atoms with van der Waals surface area (Å²) < 4.78 is 23.6. The van der Waals surface area contributed by atoms with Crippen LogP contribution in [-0.4, -0.2) is 150 Å². The van der Waals surface area contributed by atoms with Crippen LogP contribution in [0.3, 0.4) is 0 Å². The lowest BCUT2D eigenvalue weighted by Gasteiger charge is -2.67. The maximum Gasteiger partial charge on any atom is 0.187 e. The third kappa shape index (κ3) is 7.26. The molecule has 3 saturated carbocycles. The Hall–Kier alpha value is -0.820. The van der Waals surface area contributed by atoms with E-state index in [-0.39, 0.29) is 28.1 Å². The van der Waals surface area contributed by atoms with Crippen molar-refractivity contribution in [2.24, 2.45) is 45.3 Å². The molecule has 2 heterocycles. The van der Waals surface area contributed by atoms with E-state index in [9.17, 15) is 51.1 Å². The first kappa shape index (κ1) is 44.7. The van der Waals surface area contributed by atoms with Crippen molar-refractivity contribution < 1.29 is 70.0 Å². The number of hydrogen-bond acceptors (Lipinski definition) is 14. The van der Waals surface area contributed by atoms with E-state index < -0.39 is 104 Å². The summed E-state index contributed by atoms with van der Waals surface area (Å²) in [6.45, 7) is 15.8. The predicted molar refractivity (Wildman–Crippen MR) is 202 cm³/mol. The Labute approximate surface area is 331 Å². The van der Waals surface area contributed by atoms with Crippen molar-refractivity contribution in [1.82, 2.24) is 0 Å². The van der Waals surface area contributed by atoms with Gasteiger partial charge in [0.2, 0.25) is 0 Å². The van der Waals surface area contributed by atoms with E-state index in [2.05, 4.69) is 47.6 Å². The first-order chi connectivity index (χ1) is 25.9. The molecule has 0 spiro atoms. The van der Waals surface area contributed by atoms with Crippen molar-refractivity contribution in [1.29, 1.82) is 0 Å². The van der Waals surface area contributed by atoms with Gasteiger partial charge in [0.1, 0.15) is 48.8 Å². The minimum atomic E-state index is -1.67. The van der Waals surface area contributed by atoms with E-state index in [4.69, 9.17) is 18.9 Å². The normalized spacial score (nSPS) is 50.3. The average Bonchev–Trinajstić information content (AvgIpc) is 3.40. The van der Waals surface area contributed by atoms with E-state index in [0.717, 1.165) is 32.1 Å². The molecule has 14 heteroatoms. The zero-order valence-corrected chi connectivity index (χ0v) is 34.6. The standard InChI is InChI=1S/C42H72O14/c1-20(9-13-27(44)39(4,5)52)21-15-16-40(6)26-12-10-22-23(42(26,8)28(45)17-41(21,40)7)11-14-29(38(22,2)3)56-37-35(51)33(49)31(47)25(55-37)19-53-36-34(50)32(48)30(46)24(18-43)54-36/h10,20-21,23-37,43-52H,9,11-19H2,1-8H3/t20-,21+,23-,24-,25-,26+,27-,28-,29+,30-,31-,32+,33+,34-,35-,36-,37+,40+,41-,42+/m1/s1. The molecule has 2 aliphatic heterocycles. The molecule has 20 atom stereocenters. The van der Waals surface area contributed by atoms with E-state index in [1.807, 2.05) is 0 Å². The van der Waals surface area contributed by atoms with E-state index in [1.54, 1.807) is 13.8 Å². The van der Waals surface area contributed by atoms with Crippen LogP contribution < -0.4 is 0 Å². The molecule has 5 fully saturated rings. The maximum absolute atomic E-state index is 12.4. The van der Waals surface area contributed by atoms with Crippen LogP contribution >= 0.6 is 0 Å². The Morgan fingerprint density at radius 2 is 1.41 bits per heavy atom. The summed E-state index contributed by atoms with van der Waals surface area (Å²) >= 11 is 0. The third-order valence-corrected chi connectivity index (χ3v) is 16.6. The monoisotopic (exact) mass is 800 g/mol. The van der Waals surface area contributed by atoms with Gasteiger partial charge < -0.3 is 70.0 Å². The van der Waals surface area contributed by atoms with Gasteiger partial charge in [0, 0.05) is 10.8 Å². The molecule has 6 rings (SSSR count). The second-order valence-corrected chi connectivity index (χ2v) is 20.3. The van der Waals surface area contributed by atoms with E-state index in [0.29, 0.717) is 31.1 Å². The van der Waals surface area contributed by atoms with Gasteiger partial charge in [0.15, 0.2) is 12.6 Å². The largest absolute Gasteiger partial charge is 0.394 e. The highest BCUT2D eigenvalue weighted by molar-refractivity contribution is 5.32. The summed E-state index contributed by atoms with van der Waals surface area (Å²) in [7, 11) is 0. The van der Waals surface area contributed by atoms with Gasteiger partial charge in [-0.05, 0) is 99.7 Å². The number of aliphatic hydroxyl groups excluding tert-OH is 9. The van der Waals surface area contributed by atoms with Crippen LogP contribution in [0.2, 0.25) is 0 Å². The lowest BCUT2D eigenvalue weighted by molar-refractivity contribution is -0.340. The van der Waals surface area contributed by atoms with Gasteiger partial charge in [-0.3, -0.25) is 0 Å². The molecule has 4 aliphatic carbocycles. The fourth-order valence-electron chi connectivity index (χ4n) is 12.6. The molecule has 2 saturated heterocycles. The Morgan fingerprint density at radius 1 is 0.804 bits per heavy atom. The molecular weight excluding hydrogens is 728 g/mol. The molecular formula is C42H72O14. The Kier molecular flexibility index (Phi) is 12.7. The summed E-state index contributed by atoms with van der Waals surface area (Å²) in [6.07, 6.45) is -8.06. The summed E-state index contributed by atoms with van der Waals surface area (Å²) in [4.78, 5) is 0. The van der Waals surface area contributed by atoms with Crippen LogP contribution in [0, 0.1) is 45.3 Å². The third-order valence-electron chi connectivity index (χ3n) is 16.6. The smallest absolute Gasteiger partial charge is 0.187 e. The van der Waals surface area contributed by atoms with Gasteiger partial charge in [0.25, 0.3) is 0 Å². The fourth-order valence-corrected chi connectivity index (χ4v) is 12.6. The summed E-state index contributed by atoms with van der Waals surface area (Å²) in [5.74, 6) is 1.05. The van der Waals surface area contributed by atoms with Crippen molar-refractivity contribution in [2.45, 2.75) is 192 Å². The molecule has 0 amide bonds. The van der Waals surface area contributed by atoms with Gasteiger partial charge in [-0.1, -0.05) is 53.2 Å². The van der Waals surface area contributed by atoms with Crippen LogP contribution in [0.25, 0.3) is 0 Å². The van der Waals surface area contributed by atoms with Crippen LogP contribution in [-0.2, 0) is 18.9 Å². The number of fused-ring (bicyclic) bond motifs is 5. The van der Waals surface area contributed by atoms with Crippen molar-refractivity contribution in [3.63, 3.8) is 0 Å². The molecule has 6 aliphatic rings. The Morgan fingerprint density at radius 3 is 2.04 bits per heavy atom. The van der Waals surface area contributed by atoms with Crippen LogP contribution in [0.4, 0.5) is 0 Å². The molecule has 0 aromatic carbocycles. The molecule has 0 bridgehead atoms. The van der Waals surface area contributed by atoms with E-state index in [1.165, 1.54) is 5.57 Å². The highest BCUT2D eigenvalue weighted by Crippen LogP contribution is 2.75.